The van der Waals surface area contributed by atoms with Crippen LogP contribution in [0.25, 0.3) is 0 Å². The normalized spacial score (nSPS) is 12.7. The minimum absolute atomic E-state index is 0.00646. The van der Waals surface area contributed by atoms with E-state index in [1.807, 2.05) is 17.0 Å². The molecule has 1 aliphatic heterocycles. The fourth-order valence-electron chi connectivity index (χ4n) is 3.98. The minimum Gasteiger partial charge on any atom is -0.383 e. The van der Waals surface area contributed by atoms with Gasteiger partial charge >= 0.3 is 0 Å². The van der Waals surface area contributed by atoms with Crippen LogP contribution in [-0.2, 0) is 33.7 Å². The molecule has 188 valence electrons. The molecule has 2 heterocycles. The Labute approximate surface area is 218 Å². The van der Waals surface area contributed by atoms with E-state index in [0.717, 1.165) is 6.42 Å². The first kappa shape index (κ1) is 25.8. The molecule has 1 aromatic heterocycles. The Morgan fingerprint density at radius 2 is 1.89 bits per heavy atom. The molecule has 1 aliphatic rings. The summed E-state index contributed by atoms with van der Waals surface area (Å²) in [7, 11) is 1.53. The molecule has 2 aromatic carbocycles. The van der Waals surface area contributed by atoms with E-state index < -0.39 is 0 Å². The Morgan fingerprint density at radius 1 is 1.14 bits per heavy atom. The minimum atomic E-state index is -0.381. The average molecular weight is 527 g/mol. The van der Waals surface area contributed by atoms with Crippen molar-refractivity contribution in [2.24, 2.45) is 0 Å². The number of rotatable bonds is 9. The SMILES string of the molecule is COCCN(CC(=O)Nc1nc(CC(=O)N2CCc3ccccc3C2)cs1)C(=O)c1ccc(Cl)cc1. The lowest BCUT2D eigenvalue weighted by Crippen LogP contribution is -2.40. The zero-order valence-corrected chi connectivity index (χ0v) is 21.5. The van der Waals surface area contributed by atoms with Gasteiger partial charge in [-0.3, -0.25) is 14.4 Å². The van der Waals surface area contributed by atoms with Crippen molar-refractivity contribution in [2.45, 2.75) is 19.4 Å². The number of anilines is 1. The molecule has 1 N–H and O–H groups in total. The monoisotopic (exact) mass is 526 g/mol. The number of amides is 3. The highest BCUT2D eigenvalue weighted by Gasteiger charge is 2.22. The maximum absolute atomic E-state index is 12.9. The molecule has 0 unspecified atom stereocenters. The van der Waals surface area contributed by atoms with Crippen molar-refractivity contribution in [3.8, 4) is 0 Å². The summed E-state index contributed by atoms with van der Waals surface area (Å²) >= 11 is 7.16. The lowest BCUT2D eigenvalue weighted by molar-refractivity contribution is -0.131. The lowest BCUT2D eigenvalue weighted by atomic mass is 10.00. The van der Waals surface area contributed by atoms with E-state index in [1.165, 1.54) is 34.5 Å². The van der Waals surface area contributed by atoms with Crippen LogP contribution in [0.2, 0.25) is 5.02 Å². The van der Waals surface area contributed by atoms with Gasteiger partial charge in [0.25, 0.3) is 5.91 Å². The molecule has 0 saturated heterocycles. The van der Waals surface area contributed by atoms with Gasteiger partial charge < -0.3 is 19.9 Å². The highest BCUT2D eigenvalue weighted by atomic mass is 35.5. The molecule has 0 bridgehead atoms. The first-order chi connectivity index (χ1) is 17.4. The Balaban J connectivity index is 1.32. The van der Waals surface area contributed by atoms with Crippen LogP contribution < -0.4 is 5.32 Å². The second-order valence-corrected chi connectivity index (χ2v) is 9.72. The number of nitrogens with zero attached hydrogens (tertiary/aromatic N) is 3. The number of hydrogen-bond donors (Lipinski definition) is 1. The van der Waals surface area contributed by atoms with E-state index in [0.29, 0.717) is 34.5 Å². The second kappa shape index (κ2) is 12.1. The van der Waals surface area contributed by atoms with E-state index in [1.54, 1.807) is 29.6 Å². The first-order valence-corrected chi connectivity index (χ1v) is 12.8. The van der Waals surface area contributed by atoms with Crippen molar-refractivity contribution < 1.29 is 19.1 Å². The number of carbonyl (C=O) groups is 3. The van der Waals surface area contributed by atoms with Crippen LogP contribution in [0.5, 0.6) is 0 Å². The highest BCUT2D eigenvalue weighted by Crippen LogP contribution is 2.21. The molecule has 0 saturated carbocycles. The van der Waals surface area contributed by atoms with Crippen LogP contribution in [0.15, 0.2) is 53.9 Å². The quantitative estimate of drug-likeness (QED) is 0.459. The topological polar surface area (TPSA) is 91.8 Å². The Morgan fingerprint density at radius 3 is 2.64 bits per heavy atom. The summed E-state index contributed by atoms with van der Waals surface area (Å²) in [5.41, 5.74) is 3.50. The van der Waals surface area contributed by atoms with Crippen LogP contribution in [0.3, 0.4) is 0 Å². The van der Waals surface area contributed by atoms with Crippen molar-refractivity contribution in [3.63, 3.8) is 0 Å². The number of fused-ring (bicyclic) bond motifs is 1. The molecule has 3 amide bonds. The zero-order chi connectivity index (χ0) is 25.5. The Kier molecular flexibility index (Phi) is 8.69. The number of benzene rings is 2. The van der Waals surface area contributed by atoms with E-state index in [-0.39, 0.29) is 43.8 Å². The van der Waals surface area contributed by atoms with Gasteiger partial charge in [0.15, 0.2) is 5.13 Å². The van der Waals surface area contributed by atoms with Crippen LogP contribution in [-0.4, -0.2) is 65.9 Å². The second-order valence-electron chi connectivity index (χ2n) is 8.43. The fraction of sp³-hybridized carbons (Fsp3) is 0.308. The third-order valence-corrected chi connectivity index (χ3v) is 6.95. The van der Waals surface area contributed by atoms with Crippen LogP contribution in [0, 0.1) is 0 Å². The lowest BCUT2D eigenvalue weighted by Gasteiger charge is -2.28. The summed E-state index contributed by atoms with van der Waals surface area (Å²) in [6, 6.07) is 14.7. The third-order valence-electron chi connectivity index (χ3n) is 5.89. The van der Waals surface area contributed by atoms with Gasteiger partial charge in [-0.25, -0.2) is 4.98 Å². The summed E-state index contributed by atoms with van der Waals surface area (Å²) in [5.74, 6) is -0.673. The van der Waals surface area contributed by atoms with Gasteiger partial charge in [-0.05, 0) is 41.8 Å². The number of halogens is 1. The molecule has 3 aromatic rings. The highest BCUT2D eigenvalue weighted by molar-refractivity contribution is 7.13. The van der Waals surface area contributed by atoms with Crippen LogP contribution in [0.4, 0.5) is 5.13 Å². The van der Waals surface area contributed by atoms with Crippen molar-refractivity contribution in [3.05, 3.63) is 81.3 Å². The maximum Gasteiger partial charge on any atom is 0.254 e. The van der Waals surface area contributed by atoms with Gasteiger partial charge in [-0.15, -0.1) is 11.3 Å². The van der Waals surface area contributed by atoms with Crippen molar-refractivity contribution in [1.29, 1.82) is 0 Å². The molecule has 0 radical (unpaired) electrons. The molecule has 0 spiro atoms. The van der Waals surface area contributed by atoms with E-state index in [9.17, 15) is 14.4 Å². The number of ether oxygens (including phenoxy) is 1. The van der Waals surface area contributed by atoms with Gasteiger partial charge in [-0.2, -0.15) is 0 Å². The maximum atomic E-state index is 12.9. The van der Waals surface area contributed by atoms with Gasteiger partial charge in [0, 0.05) is 42.7 Å². The molecule has 10 heteroatoms. The average Bonchev–Trinajstić information content (AvgIpc) is 3.32. The van der Waals surface area contributed by atoms with Gasteiger partial charge in [0.05, 0.1) is 18.7 Å². The first-order valence-electron chi connectivity index (χ1n) is 11.6. The molecule has 0 fully saturated rings. The standard InChI is InChI=1S/C26H27ClN4O4S/c1-35-13-12-31(25(34)19-6-8-21(27)9-7-19)16-23(32)29-26-28-22(17-36-26)14-24(33)30-11-10-18-4-2-3-5-20(18)15-30/h2-9,17H,10-16H2,1H3,(H,28,29,32). The van der Waals surface area contributed by atoms with Crippen molar-refractivity contribution >= 4 is 45.8 Å². The number of thiazole rings is 1. The van der Waals surface area contributed by atoms with Gasteiger partial charge in [-0.1, -0.05) is 35.9 Å². The molecular weight excluding hydrogens is 500 g/mol. The largest absolute Gasteiger partial charge is 0.383 e. The van der Waals surface area contributed by atoms with E-state index >= 15 is 0 Å². The number of nitrogens with one attached hydrogen (secondary N) is 1. The molecular formula is C26H27ClN4O4S. The summed E-state index contributed by atoms with van der Waals surface area (Å²) in [6.07, 6.45) is 1.01. The van der Waals surface area contributed by atoms with Crippen LogP contribution >= 0.6 is 22.9 Å². The molecule has 0 aliphatic carbocycles. The van der Waals surface area contributed by atoms with E-state index in [4.69, 9.17) is 16.3 Å². The Hall–Kier alpha value is -3.27. The third kappa shape index (κ3) is 6.69. The summed E-state index contributed by atoms with van der Waals surface area (Å²) in [5, 5.41) is 5.42. The van der Waals surface area contributed by atoms with Crippen molar-refractivity contribution in [1.82, 2.24) is 14.8 Å². The summed E-state index contributed by atoms with van der Waals surface area (Å²) < 4.78 is 5.09. The van der Waals surface area contributed by atoms with Gasteiger partial charge in [0.2, 0.25) is 11.8 Å². The van der Waals surface area contributed by atoms with Crippen molar-refractivity contribution in [2.75, 3.05) is 38.7 Å². The zero-order valence-electron chi connectivity index (χ0n) is 19.9. The van der Waals surface area contributed by atoms with Crippen LogP contribution in [0.1, 0.15) is 27.2 Å². The molecule has 8 nitrogen and oxygen atoms in total. The summed E-state index contributed by atoms with van der Waals surface area (Å²) in [6.45, 7) is 1.66. The predicted molar refractivity (Wildman–Crippen MR) is 139 cm³/mol. The van der Waals surface area contributed by atoms with E-state index in [2.05, 4.69) is 22.4 Å². The number of hydrogen-bond acceptors (Lipinski definition) is 6. The molecule has 0 atom stereocenters. The fourth-order valence-corrected chi connectivity index (χ4v) is 4.83. The number of methoxy groups -OCH3 is 1. The Bertz CT molecular complexity index is 1230. The van der Waals surface area contributed by atoms with Gasteiger partial charge in [0.1, 0.15) is 6.54 Å². The predicted octanol–water partition coefficient (Wildman–Crippen LogP) is 3.65. The number of carbonyl (C=O) groups excluding carboxylic acids is 3. The number of aromatic nitrogens is 1. The molecule has 4 rings (SSSR count). The summed E-state index contributed by atoms with van der Waals surface area (Å²) in [4.78, 5) is 46.1. The molecule has 36 heavy (non-hydrogen) atoms. The smallest absolute Gasteiger partial charge is 0.254 e.